The van der Waals surface area contributed by atoms with Crippen molar-refractivity contribution in [3.8, 4) is 0 Å². The summed E-state index contributed by atoms with van der Waals surface area (Å²) in [5.41, 5.74) is 1.59. The third-order valence-electron chi connectivity index (χ3n) is 2.34. The first-order valence-corrected chi connectivity index (χ1v) is 5.94. The maximum Gasteiger partial charge on any atom is 0.167 e. The molecule has 0 aliphatic heterocycles. The van der Waals surface area contributed by atoms with Crippen LogP contribution in [0.3, 0.4) is 0 Å². The minimum Gasteiger partial charge on any atom is -0.359 e. The molecule has 1 rings (SSSR count). The summed E-state index contributed by atoms with van der Waals surface area (Å²) in [4.78, 5) is 0. The molecule has 98 valence electrons. The number of halogens is 2. The van der Waals surface area contributed by atoms with Crippen LogP contribution in [0.4, 0.5) is 8.78 Å². The fourth-order valence-electron chi connectivity index (χ4n) is 1.34. The number of hydrogen-bond acceptors (Lipinski definition) is 1. The van der Waals surface area contributed by atoms with Gasteiger partial charge in [-0.25, -0.2) is 8.78 Å². The monoisotopic (exact) mass is 270 g/mol. The van der Waals surface area contributed by atoms with Crippen molar-refractivity contribution < 1.29 is 8.78 Å². The van der Waals surface area contributed by atoms with Crippen LogP contribution in [0.15, 0.2) is 30.4 Å². The van der Waals surface area contributed by atoms with Crippen LogP contribution in [0.1, 0.15) is 25.5 Å². The van der Waals surface area contributed by atoms with Crippen molar-refractivity contribution in [2.45, 2.75) is 19.9 Å². The van der Waals surface area contributed by atoms with Gasteiger partial charge in [-0.3, -0.25) is 0 Å². The van der Waals surface area contributed by atoms with Gasteiger partial charge in [0.05, 0.1) is 6.04 Å². The Morgan fingerprint density at radius 1 is 1.39 bits per heavy atom. The first-order valence-electron chi connectivity index (χ1n) is 5.54. The molecule has 18 heavy (non-hydrogen) atoms. The quantitative estimate of drug-likeness (QED) is 0.649. The van der Waals surface area contributed by atoms with Gasteiger partial charge in [0.1, 0.15) is 0 Å². The minimum atomic E-state index is -0.859. The first-order chi connectivity index (χ1) is 8.40. The van der Waals surface area contributed by atoms with Crippen LogP contribution in [0, 0.1) is 11.6 Å². The van der Waals surface area contributed by atoms with Crippen molar-refractivity contribution in [2.24, 2.45) is 0 Å². The number of nitrogens with one attached hydrogen (secondary N) is 2. The summed E-state index contributed by atoms with van der Waals surface area (Å²) in [5.74, 6) is -1.71. The molecule has 0 unspecified atom stereocenters. The van der Waals surface area contributed by atoms with Crippen LogP contribution in [0.25, 0.3) is 0 Å². The van der Waals surface area contributed by atoms with Gasteiger partial charge in [0, 0.05) is 6.54 Å². The SMILES string of the molecule is C=C(C)CNC(=S)N[C@H](C)c1ccc(F)c(F)c1. The van der Waals surface area contributed by atoms with Gasteiger partial charge in [-0.2, -0.15) is 0 Å². The van der Waals surface area contributed by atoms with E-state index in [1.165, 1.54) is 6.07 Å². The predicted molar refractivity (Wildman–Crippen MR) is 73.3 cm³/mol. The third kappa shape index (κ3) is 4.41. The maximum atomic E-state index is 13.1. The Bertz CT molecular complexity index is 460. The summed E-state index contributed by atoms with van der Waals surface area (Å²) in [5, 5.41) is 6.40. The highest BCUT2D eigenvalue weighted by Crippen LogP contribution is 2.15. The van der Waals surface area contributed by atoms with Crippen molar-refractivity contribution in [1.82, 2.24) is 10.6 Å². The molecule has 0 aromatic heterocycles. The highest BCUT2D eigenvalue weighted by Gasteiger charge is 2.10. The number of benzene rings is 1. The number of rotatable bonds is 4. The molecule has 0 amide bonds. The lowest BCUT2D eigenvalue weighted by atomic mass is 10.1. The van der Waals surface area contributed by atoms with Gasteiger partial charge in [0.2, 0.25) is 0 Å². The molecule has 0 aliphatic carbocycles. The largest absolute Gasteiger partial charge is 0.359 e. The van der Waals surface area contributed by atoms with Crippen LogP contribution in [0.5, 0.6) is 0 Å². The second-order valence-electron chi connectivity index (χ2n) is 4.18. The van der Waals surface area contributed by atoms with Crippen molar-refractivity contribution in [2.75, 3.05) is 6.54 Å². The molecule has 0 saturated carbocycles. The molecule has 0 aliphatic rings. The standard InChI is InChI=1S/C13H16F2N2S/c1-8(2)7-16-13(18)17-9(3)10-4-5-11(14)12(15)6-10/h4-6,9H,1,7H2,2-3H3,(H2,16,17,18)/t9-/m1/s1. The minimum absolute atomic E-state index is 0.203. The first kappa shape index (κ1) is 14.6. The van der Waals surface area contributed by atoms with Crippen molar-refractivity contribution in [1.29, 1.82) is 0 Å². The number of hydrogen-bond donors (Lipinski definition) is 2. The Kier molecular flexibility index (Phi) is 5.22. The molecular weight excluding hydrogens is 254 g/mol. The third-order valence-corrected chi connectivity index (χ3v) is 2.60. The average Bonchev–Trinajstić information content (AvgIpc) is 2.30. The lowest BCUT2D eigenvalue weighted by molar-refractivity contribution is 0.505. The Hall–Kier alpha value is -1.49. The zero-order valence-corrected chi connectivity index (χ0v) is 11.2. The van der Waals surface area contributed by atoms with E-state index in [0.29, 0.717) is 17.2 Å². The Labute approximate surface area is 111 Å². The second-order valence-corrected chi connectivity index (χ2v) is 4.59. The van der Waals surface area contributed by atoms with Gasteiger partial charge in [0.15, 0.2) is 16.7 Å². The lowest BCUT2D eigenvalue weighted by Gasteiger charge is -2.17. The van der Waals surface area contributed by atoms with Gasteiger partial charge in [0.25, 0.3) is 0 Å². The average molecular weight is 270 g/mol. The normalized spacial score (nSPS) is 11.8. The molecule has 0 spiro atoms. The fourth-order valence-corrected chi connectivity index (χ4v) is 1.59. The zero-order valence-electron chi connectivity index (χ0n) is 10.4. The highest BCUT2D eigenvalue weighted by atomic mass is 32.1. The van der Waals surface area contributed by atoms with Gasteiger partial charge in [-0.05, 0) is 43.8 Å². The maximum absolute atomic E-state index is 13.1. The molecule has 2 N–H and O–H groups in total. The van der Waals surface area contributed by atoms with Crippen LogP contribution in [0.2, 0.25) is 0 Å². The zero-order chi connectivity index (χ0) is 13.7. The molecule has 0 heterocycles. The molecule has 0 saturated heterocycles. The summed E-state index contributed by atoms with van der Waals surface area (Å²) >= 11 is 5.08. The summed E-state index contributed by atoms with van der Waals surface area (Å²) in [7, 11) is 0. The van der Waals surface area contributed by atoms with Crippen molar-refractivity contribution in [3.05, 3.63) is 47.5 Å². The molecule has 0 fully saturated rings. The molecule has 1 atom stereocenters. The van der Waals surface area contributed by atoms with E-state index in [1.54, 1.807) is 0 Å². The highest BCUT2D eigenvalue weighted by molar-refractivity contribution is 7.80. The van der Waals surface area contributed by atoms with E-state index in [4.69, 9.17) is 12.2 Å². The van der Waals surface area contributed by atoms with Gasteiger partial charge >= 0.3 is 0 Å². The fraction of sp³-hybridized carbons (Fsp3) is 0.308. The topological polar surface area (TPSA) is 24.1 Å². The lowest BCUT2D eigenvalue weighted by Crippen LogP contribution is -2.37. The van der Waals surface area contributed by atoms with E-state index in [1.807, 2.05) is 13.8 Å². The van der Waals surface area contributed by atoms with E-state index in [-0.39, 0.29) is 6.04 Å². The van der Waals surface area contributed by atoms with Gasteiger partial charge < -0.3 is 10.6 Å². The van der Waals surface area contributed by atoms with Crippen LogP contribution in [-0.4, -0.2) is 11.7 Å². The molecule has 2 nitrogen and oxygen atoms in total. The van der Waals surface area contributed by atoms with E-state index < -0.39 is 11.6 Å². The van der Waals surface area contributed by atoms with Crippen molar-refractivity contribution in [3.63, 3.8) is 0 Å². The van der Waals surface area contributed by atoms with Gasteiger partial charge in [-0.15, -0.1) is 0 Å². The van der Waals surface area contributed by atoms with E-state index >= 15 is 0 Å². The van der Waals surface area contributed by atoms with Crippen LogP contribution < -0.4 is 10.6 Å². The summed E-state index contributed by atoms with van der Waals surface area (Å²) in [6, 6.07) is 3.59. The van der Waals surface area contributed by atoms with Crippen molar-refractivity contribution >= 4 is 17.3 Å². The summed E-state index contributed by atoms with van der Waals surface area (Å²) in [6.07, 6.45) is 0. The molecule has 5 heteroatoms. The van der Waals surface area contributed by atoms with Gasteiger partial charge in [-0.1, -0.05) is 18.2 Å². The molecule has 1 aromatic carbocycles. The Morgan fingerprint density at radius 3 is 2.61 bits per heavy atom. The van der Waals surface area contributed by atoms with Crippen LogP contribution >= 0.6 is 12.2 Å². The molecule has 0 radical (unpaired) electrons. The number of thiocarbonyl (C=S) groups is 1. The predicted octanol–water partition coefficient (Wildman–Crippen LogP) is 3.07. The van der Waals surface area contributed by atoms with E-state index in [9.17, 15) is 8.78 Å². The Morgan fingerprint density at radius 2 is 2.06 bits per heavy atom. The molecule has 0 bridgehead atoms. The summed E-state index contributed by atoms with van der Waals surface area (Å²) in [6.45, 7) is 8.03. The second kappa shape index (κ2) is 6.44. The van der Waals surface area contributed by atoms with E-state index in [0.717, 1.165) is 17.7 Å². The molecular formula is C13H16F2N2S. The molecule has 1 aromatic rings. The smallest absolute Gasteiger partial charge is 0.167 e. The summed E-state index contributed by atoms with van der Waals surface area (Å²) < 4.78 is 25.9. The van der Waals surface area contributed by atoms with E-state index in [2.05, 4.69) is 17.2 Å². The van der Waals surface area contributed by atoms with Crippen LogP contribution in [-0.2, 0) is 0 Å². The Balaban J connectivity index is 2.59.